The number of nitrogens with one attached hydrogen (secondary N) is 1. The molecule has 2 fully saturated rings. The maximum absolute atomic E-state index is 12.7. The fraction of sp³-hybridized carbons (Fsp3) is 0.391. The lowest BCUT2D eigenvalue weighted by atomic mass is 10.1. The van der Waals surface area contributed by atoms with Crippen molar-refractivity contribution >= 4 is 17.6 Å². The van der Waals surface area contributed by atoms with Crippen LogP contribution in [0.5, 0.6) is 0 Å². The molecule has 29 heavy (non-hydrogen) atoms. The van der Waals surface area contributed by atoms with E-state index in [1.807, 2.05) is 11.0 Å². The molecular weight excluding hydrogens is 366 g/mol. The largest absolute Gasteiger partial charge is 0.368 e. The Morgan fingerprint density at radius 2 is 1.69 bits per heavy atom. The first-order valence-corrected chi connectivity index (χ1v) is 10.4. The van der Waals surface area contributed by atoms with Crippen LogP contribution >= 0.6 is 0 Å². The molecule has 2 aromatic rings. The van der Waals surface area contributed by atoms with E-state index < -0.39 is 0 Å². The topological polar surface area (TPSA) is 61.9 Å². The molecule has 6 heteroatoms. The van der Waals surface area contributed by atoms with Gasteiger partial charge < -0.3 is 19.9 Å². The van der Waals surface area contributed by atoms with Gasteiger partial charge in [0, 0.05) is 38.5 Å². The first-order valence-electron chi connectivity index (χ1n) is 10.4. The number of piperazine rings is 1. The van der Waals surface area contributed by atoms with E-state index in [1.165, 1.54) is 22.3 Å². The van der Waals surface area contributed by atoms with Gasteiger partial charge in [0.1, 0.15) is 6.10 Å². The zero-order chi connectivity index (χ0) is 19.8. The molecule has 2 aliphatic heterocycles. The average molecular weight is 391 g/mol. The molecule has 2 heterocycles. The van der Waals surface area contributed by atoms with Gasteiger partial charge in [0.25, 0.3) is 5.91 Å². The van der Waals surface area contributed by atoms with Crippen LogP contribution < -0.4 is 5.32 Å². The highest BCUT2D eigenvalue weighted by Gasteiger charge is 2.31. The molecule has 1 atom stereocenters. The quantitative estimate of drug-likeness (QED) is 0.730. The van der Waals surface area contributed by atoms with Crippen LogP contribution in [0, 0.1) is 0 Å². The van der Waals surface area contributed by atoms with Crippen molar-refractivity contribution in [2.75, 3.05) is 38.1 Å². The molecule has 150 valence electrons. The van der Waals surface area contributed by atoms with Gasteiger partial charge in [-0.1, -0.05) is 30.3 Å². The summed E-state index contributed by atoms with van der Waals surface area (Å²) in [7, 11) is 0. The SMILES string of the molecule is O=C(Nc1ccc2c(c1)Cc1ccccc1-2)N1CCN(C(=O)C2CCCO2)CC1. The van der Waals surface area contributed by atoms with E-state index in [2.05, 4.69) is 41.7 Å². The number of carbonyl (C=O) groups excluding carboxylic acids is 2. The maximum atomic E-state index is 12.7. The summed E-state index contributed by atoms with van der Waals surface area (Å²) in [4.78, 5) is 28.8. The van der Waals surface area contributed by atoms with Gasteiger partial charge in [0.15, 0.2) is 0 Å². The Hall–Kier alpha value is -2.86. The molecule has 3 aliphatic rings. The maximum Gasteiger partial charge on any atom is 0.321 e. The van der Waals surface area contributed by atoms with Crippen LogP contribution in [0.3, 0.4) is 0 Å². The number of hydrogen-bond acceptors (Lipinski definition) is 3. The zero-order valence-corrected chi connectivity index (χ0v) is 16.4. The summed E-state index contributed by atoms with van der Waals surface area (Å²) in [6, 6.07) is 14.5. The lowest BCUT2D eigenvalue weighted by molar-refractivity contribution is -0.142. The second kappa shape index (κ2) is 7.52. The minimum absolute atomic E-state index is 0.0701. The summed E-state index contributed by atoms with van der Waals surface area (Å²) < 4.78 is 5.50. The zero-order valence-electron chi connectivity index (χ0n) is 16.4. The number of hydrogen-bond donors (Lipinski definition) is 1. The molecule has 0 spiro atoms. The second-order valence-electron chi connectivity index (χ2n) is 7.95. The highest BCUT2D eigenvalue weighted by molar-refractivity contribution is 5.91. The van der Waals surface area contributed by atoms with Crippen molar-refractivity contribution in [3.05, 3.63) is 53.6 Å². The number of anilines is 1. The van der Waals surface area contributed by atoms with Crippen molar-refractivity contribution in [3.63, 3.8) is 0 Å². The van der Waals surface area contributed by atoms with Crippen LogP contribution in [0.1, 0.15) is 24.0 Å². The number of urea groups is 1. The summed E-state index contributed by atoms with van der Waals surface area (Å²) in [5.74, 6) is 0.0701. The minimum atomic E-state index is -0.286. The number of ether oxygens (including phenoxy) is 1. The lowest BCUT2D eigenvalue weighted by Gasteiger charge is -2.35. The number of fused-ring (bicyclic) bond motifs is 3. The molecule has 1 N–H and O–H groups in total. The number of benzene rings is 2. The first kappa shape index (κ1) is 18.2. The van der Waals surface area contributed by atoms with E-state index in [-0.39, 0.29) is 18.0 Å². The molecule has 0 aromatic heterocycles. The Labute approximate surface area is 170 Å². The van der Waals surface area contributed by atoms with Crippen LogP contribution in [0.4, 0.5) is 10.5 Å². The Morgan fingerprint density at radius 1 is 0.931 bits per heavy atom. The smallest absolute Gasteiger partial charge is 0.321 e. The fourth-order valence-electron chi connectivity index (χ4n) is 4.53. The van der Waals surface area contributed by atoms with Crippen LogP contribution in [0.2, 0.25) is 0 Å². The molecule has 1 aliphatic carbocycles. The number of carbonyl (C=O) groups is 2. The van der Waals surface area contributed by atoms with Crippen LogP contribution in [-0.2, 0) is 16.0 Å². The highest BCUT2D eigenvalue weighted by Crippen LogP contribution is 2.37. The van der Waals surface area contributed by atoms with Gasteiger partial charge in [-0.2, -0.15) is 0 Å². The summed E-state index contributed by atoms with van der Waals surface area (Å²) in [5.41, 5.74) is 5.93. The van der Waals surface area contributed by atoms with E-state index in [0.29, 0.717) is 32.8 Å². The van der Waals surface area contributed by atoms with Gasteiger partial charge in [0.2, 0.25) is 0 Å². The van der Waals surface area contributed by atoms with Crippen LogP contribution in [0.25, 0.3) is 11.1 Å². The number of amides is 3. The van der Waals surface area contributed by atoms with Crippen LogP contribution in [0.15, 0.2) is 42.5 Å². The molecule has 1 unspecified atom stereocenters. The van der Waals surface area contributed by atoms with Crippen molar-refractivity contribution in [1.29, 1.82) is 0 Å². The monoisotopic (exact) mass is 391 g/mol. The predicted molar refractivity (Wildman–Crippen MR) is 111 cm³/mol. The van der Waals surface area contributed by atoms with Crippen molar-refractivity contribution in [2.45, 2.75) is 25.4 Å². The lowest BCUT2D eigenvalue weighted by Crippen LogP contribution is -2.53. The molecule has 3 amide bonds. The number of nitrogens with zero attached hydrogens (tertiary/aromatic N) is 2. The van der Waals surface area contributed by atoms with Gasteiger partial charge >= 0.3 is 6.03 Å². The summed E-state index contributed by atoms with van der Waals surface area (Å²) in [6.45, 7) is 2.88. The van der Waals surface area contributed by atoms with Crippen molar-refractivity contribution in [2.24, 2.45) is 0 Å². The molecule has 6 nitrogen and oxygen atoms in total. The van der Waals surface area contributed by atoms with Gasteiger partial charge in [-0.05, 0) is 53.6 Å². The fourth-order valence-corrected chi connectivity index (χ4v) is 4.53. The van der Waals surface area contributed by atoms with Crippen LogP contribution in [-0.4, -0.2) is 60.6 Å². The normalized spacial score (nSPS) is 20.3. The van der Waals surface area contributed by atoms with E-state index >= 15 is 0 Å². The Morgan fingerprint density at radius 3 is 2.48 bits per heavy atom. The highest BCUT2D eigenvalue weighted by atomic mass is 16.5. The van der Waals surface area contributed by atoms with Gasteiger partial charge in [-0.15, -0.1) is 0 Å². The molecule has 0 bridgehead atoms. The Bertz CT molecular complexity index is 944. The molecule has 5 rings (SSSR count). The first-order chi connectivity index (χ1) is 14.2. The molecule has 2 saturated heterocycles. The molecule has 0 saturated carbocycles. The van der Waals surface area contributed by atoms with E-state index in [9.17, 15) is 9.59 Å². The standard InChI is InChI=1S/C23H25N3O3/c27-22(21-6-3-13-29-21)25-9-11-26(12-10-25)23(28)24-18-7-8-20-17(15-18)14-16-4-1-2-5-19(16)20/h1-2,4-5,7-8,15,21H,3,6,9-14H2,(H,24,28). The summed E-state index contributed by atoms with van der Waals surface area (Å²) in [6.07, 6.45) is 2.37. The number of rotatable bonds is 2. The molecule has 0 radical (unpaired) electrons. The van der Waals surface area contributed by atoms with Crippen molar-refractivity contribution in [1.82, 2.24) is 9.80 Å². The second-order valence-corrected chi connectivity index (χ2v) is 7.95. The van der Waals surface area contributed by atoms with Gasteiger partial charge in [0.05, 0.1) is 0 Å². The third-order valence-electron chi connectivity index (χ3n) is 6.13. The van der Waals surface area contributed by atoms with E-state index in [4.69, 9.17) is 4.74 Å². The summed E-state index contributed by atoms with van der Waals surface area (Å²) >= 11 is 0. The van der Waals surface area contributed by atoms with Crippen molar-refractivity contribution < 1.29 is 14.3 Å². The molecular formula is C23H25N3O3. The predicted octanol–water partition coefficient (Wildman–Crippen LogP) is 3.11. The van der Waals surface area contributed by atoms with Crippen molar-refractivity contribution in [3.8, 4) is 11.1 Å². The van der Waals surface area contributed by atoms with Gasteiger partial charge in [-0.3, -0.25) is 4.79 Å². The van der Waals surface area contributed by atoms with E-state index in [0.717, 1.165) is 24.9 Å². The van der Waals surface area contributed by atoms with E-state index in [1.54, 1.807) is 4.90 Å². The minimum Gasteiger partial charge on any atom is -0.368 e. The Balaban J connectivity index is 1.19. The third-order valence-corrected chi connectivity index (χ3v) is 6.13. The third kappa shape index (κ3) is 3.49. The summed E-state index contributed by atoms with van der Waals surface area (Å²) in [5, 5.41) is 3.03. The average Bonchev–Trinajstić information content (AvgIpc) is 3.41. The Kier molecular flexibility index (Phi) is 4.72. The molecule has 2 aromatic carbocycles. The van der Waals surface area contributed by atoms with Gasteiger partial charge in [-0.25, -0.2) is 4.79 Å².